The van der Waals surface area contributed by atoms with Gasteiger partial charge in [-0.25, -0.2) is 0 Å². The second-order valence-corrected chi connectivity index (χ2v) is 6.22. The largest absolute Gasteiger partial charge is 0.505 e. The summed E-state index contributed by atoms with van der Waals surface area (Å²) in [4.78, 5) is 2.38. The van der Waals surface area contributed by atoms with Gasteiger partial charge in [0.15, 0.2) is 0 Å². The van der Waals surface area contributed by atoms with Crippen LogP contribution >= 0.6 is 40.7 Å². The zero-order valence-corrected chi connectivity index (χ0v) is 15.9. The maximum Gasteiger partial charge on any atom is 0.144 e. The van der Waals surface area contributed by atoms with E-state index in [-0.39, 0.29) is 36.6 Å². The molecule has 1 saturated heterocycles. The normalized spacial score (nSPS) is 16.3. The number of nitrogens with two attached hydrogens (primary N) is 1. The first-order chi connectivity index (χ1) is 9.50. The van der Waals surface area contributed by atoms with Crippen LogP contribution in [0.2, 0.25) is 0 Å². The highest BCUT2D eigenvalue weighted by atomic mass is 79.9. The quantitative estimate of drug-likeness (QED) is 0.402. The molecule has 4 nitrogen and oxygen atoms in total. The van der Waals surface area contributed by atoms with Gasteiger partial charge in [-0.05, 0) is 25.5 Å². The molecule has 1 atom stereocenters. The molecule has 1 fully saturated rings. The molecule has 22 heavy (non-hydrogen) atoms. The van der Waals surface area contributed by atoms with Crippen LogP contribution in [0.25, 0.3) is 0 Å². The van der Waals surface area contributed by atoms with Crippen molar-refractivity contribution in [2.24, 2.45) is 0 Å². The van der Waals surface area contributed by atoms with Crippen LogP contribution in [0, 0.1) is 0 Å². The number of benzene rings is 1. The molecule has 0 amide bonds. The number of nitrogens with one attached hydrogen (secondary N) is 1. The molecular formula is C15H24BrCl2N3O. The highest BCUT2D eigenvalue weighted by Crippen LogP contribution is 2.41. The van der Waals surface area contributed by atoms with E-state index in [0.717, 1.165) is 48.2 Å². The van der Waals surface area contributed by atoms with Gasteiger partial charge < -0.3 is 16.2 Å². The van der Waals surface area contributed by atoms with Gasteiger partial charge in [-0.2, -0.15) is 0 Å². The molecule has 2 rings (SSSR count). The van der Waals surface area contributed by atoms with Gasteiger partial charge in [0.05, 0.1) is 5.69 Å². The molecule has 0 aromatic heterocycles. The van der Waals surface area contributed by atoms with Crippen LogP contribution in [0.5, 0.6) is 5.75 Å². The highest BCUT2D eigenvalue weighted by molar-refractivity contribution is 9.10. The van der Waals surface area contributed by atoms with E-state index in [1.165, 1.54) is 0 Å². The summed E-state index contributed by atoms with van der Waals surface area (Å²) in [5, 5.41) is 13.7. The Balaban J connectivity index is 0.00000220. The summed E-state index contributed by atoms with van der Waals surface area (Å²) in [6, 6.07) is 3.73. The Morgan fingerprint density at radius 1 is 1.41 bits per heavy atom. The van der Waals surface area contributed by atoms with E-state index in [1.54, 1.807) is 6.07 Å². The Hall–Kier alpha value is -0.460. The van der Waals surface area contributed by atoms with Crippen molar-refractivity contribution in [2.45, 2.75) is 19.4 Å². The molecule has 1 aliphatic rings. The molecule has 1 aliphatic heterocycles. The molecule has 7 heteroatoms. The number of phenols is 1. The van der Waals surface area contributed by atoms with Gasteiger partial charge in [0.1, 0.15) is 5.75 Å². The molecule has 0 radical (unpaired) electrons. The van der Waals surface area contributed by atoms with E-state index in [9.17, 15) is 5.11 Å². The van der Waals surface area contributed by atoms with Gasteiger partial charge in [0, 0.05) is 42.3 Å². The van der Waals surface area contributed by atoms with E-state index < -0.39 is 0 Å². The Kier molecular flexibility index (Phi) is 9.43. The number of hydrogen-bond donors (Lipinski definition) is 3. The zero-order valence-electron chi connectivity index (χ0n) is 12.6. The third-order valence-electron chi connectivity index (χ3n) is 3.66. The predicted octanol–water partition coefficient (Wildman–Crippen LogP) is 3.49. The molecule has 0 saturated carbocycles. The number of aromatic hydroxyl groups is 1. The fourth-order valence-electron chi connectivity index (χ4n) is 2.65. The molecule has 0 unspecified atom stereocenters. The van der Waals surface area contributed by atoms with E-state index in [1.807, 2.05) is 13.0 Å². The fourth-order valence-corrected chi connectivity index (χ4v) is 3.24. The second-order valence-electron chi connectivity index (χ2n) is 5.36. The van der Waals surface area contributed by atoms with Crippen LogP contribution in [-0.2, 0) is 0 Å². The van der Waals surface area contributed by atoms with Crippen molar-refractivity contribution in [2.75, 3.05) is 31.9 Å². The van der Waals surface area contributed by atoms with Crippen LogP contribution in [0.1, 0.15) is 24.9 Å². The minimum Gasteiger partial charge on any atom is -0.505 e. The summed E-state index contributed by atoms with van der Waals surface area (Å²) < 4.78 is 0.897. The SMILES string of the molecule is C=C(C)C[C@@H](c1c(Br)ccc(N)c1O)N1CCNCC1.Cl.Cl. The van der Waals surface area contributed by atoms with Crippen molar-refractivity contribution in [3.05, 3.63) is 34.3 Å². The zero-order chi connectivity index (χ0) is 14.7. The van der Waals surface area contributed by atoms with Crippen LogP contribution < -0.4 is 11.1 Å². The summed E-state index contributed by atoms with van der Waals surface area (Å²) in [7, 11) is 0. The lowest BCUT2D eigenvalue weighted by Gasteiger charge is -2.36. The molecule has 126 valence electrons. The summed E-state index contributed by atoms with van der Waals surface area (Å²) in [6.45, 7) is 9.89. The Labute approximate surface area is 153 Å². The first-order valence-corrected chi connectivity index (χ1v) is 7.66. The lowest BCUT2D eigenvalue weighted by atomic mass is 9.96. The maximum atomic E-state index is 10.4. The second kappa shape index (κ2) is 9.63. The monoisotopic (exact) mass is 411 g/mol. The van der Waals surface area contributed by atoms with Crippen LogP contribution in [0.4, 0.5) is 5.69 Å². The van der Waals surface area contributed by atoms with Crippen molar-refractivity contribution in [3.63, 3.8) is 0 Å². The topological polar surface area (TPSA) is 61.5 Å². The summed E-state index contributed by atoms with van der Waals surface area (Å²) >= 11 is 3.55. The van der Waals surface area contributed by atoms with E-state index >= 15 is 0 Å². The molecule has 1 aromatic carbocycles. The number of nitrogen functional groups attached to an aromatic ring is 1. The molecule has 1 heterocycles. The van der Waals surface area contributed by atoms with Crippen molar-refractivity contribution in [1.29, 1.82) is 0 Å². The third-order valence-corrected chi connectivity index (χ3v) is 4.35. The minimum atomic E-state index is 0. The Morgan fingerprint density at radius 2 is 2.00 bits per heavy atom. The third kappa shape index (κ3) is 5.03. The molecule has 0 bridgehead atoms. The fraction of sp³-hybridized carbons (Fsp3) is 0.467. The molecule has 0 spiro atoms. The van der Waals surface area contributed by atoms with Gasteiger partial charge in [-0.15, -0.1) is 31.4 Å². The van der Waals surface area contributed by atoms with Crippen LogP contribution in [-0.4, -0.2) is 36.2 Å². The van der Waals surface area contributed by atoms with Crippen LogP contribution in [0.3, 0.4) is 0 Å². The smallest absolute Gasteiger partial charge is 0.144 e. The number of anilines is 1. The predicted molar refractivity (Wildman–Crippen MR) is 101 cm³/mol. The molecule has 4 N–H and O–H groups in total. The number of hydrogen-bond acceptors (Lipinski definition) is 4. The lowest BCUT2D eigenvalue weighted by molar-refractivity contribution is 0.169. The van der Waals surface area contributed by atoms with Gasteiger partial charge in [-0.1, -0.05) is 21.5 Å². The summed E-state index contributed by atoms with van der Waals surface area (Å²) in [5.41, 5.74) is 8.25. The Bertz CT molecular complexity index is 508. The van der Waals surface area contributed by atoms with Crippen molar-refractivity contribution in [1.82, 2.24) is 10.2 Å². The summed E-state index contributed by atoms with van der Waals surface area (Å²) in [5.74, 6) is 0.184. The van der Waals surface area contributed by atoms with E-state index in [0.29, 0.717) is 5.69 Å². The van der Waals surface area contributed by atoms with Gasteiger partial charge in [0.25, 0.3) is 0 Å². The first-order valence-electron chi connectivity index (χ1n) is 6.86. The number of phenolic OH excluding ortho intramolecular Hbond substituents is 1. The van der Waals surface area contributed by atoms with E-state index in [2.05, 4.69) is 32.7 Å². The van der Waals surface area contributed by atoms with Crippen LogP contribution in [0.15, 0.2) is 28.8 Å². The number of halogens is 3. The number of nitrogens with zero attached hydrogens (tertiary/aromatic N) is 1. The molecule has 1 aromatic rings. The number of piperazine rings is 1. The van der Waals surface area contributed by atoms with Gasteiger partial charge in [-0.3, -0.25) is 4.90 Å². The standard InChI is InChI=1S/C15H22BrN3O.2ClH/c1-10(2)9-13(19-7-5-18-6-8-19)14-11(16)3-4-12(17)15(14)20;;/h3-4,13,18,20H,1,5-9,17H2,2H3;2*1H/t13-;;/m0../s1. The molecule has 0 aliphatic carbocycles. The average Bonchev–Trinajstić information content (AvgIpc) is 2.43. The summed E-state index contributed by atoms with van der Waals surface area (Å²) in [6.07, 6.45) is 0.815. The minimum absolute atomic E-state index is 0. The maximum absolute atomic E-state index is 10.4. The molecular weight excluding hydrogens is 389 g/mol. The Morgan fingerprint density at radius 3 is 2.55 bits per heavy atom. The van der Waals surface area contributed by atoms with Crippen molar-refractivity contribution in [3.8, 4) is 5.75 Å². The van der Waals surface area contributed by atoms with Crippen molar-refractivity contribution < 1.29 is 5.11 Å². The number of rotatable bonds is 4. The van der Waals surface area contributed by atoms with Gasteiger partial charge >= 0.3 is 0 Å². The van der Waals surface area contributed by atoms with Crippen molar-refractivity contribution >= 4 is 46.4 Å². The highest BCUT2D eigenvalue weighted by Gasteiger charge is 2.27. The van der Waals surface area contributed by atoms with Gasteiger partial charge in [0.2, 0.25) is 0 Å². The average molecular weight is 413 g/mol. The first kappa shape index (κ1) is 21.5. The van der Waals surface area contributed by atoms with E-state index in [4.69, 9.17) is 5.73 Å². The lowest BCUT2D eigenvalue weighted by Crippen LogP contribution is -2.45.